The number of aromatic amines is 1. The van der Waals surface area contributed by atoms with Gasteiger partial charge in [0.15, 0.2) is 5.72 Å². The first-order chi connectivity index (χ1) is 13.9. The van der Waals surface area contributed by atoms with Gasteiger partial charge in [0, 0.05) is 17.8 Å². The molecular formula is C21H24N6O2+. The number of nitrogens with zero attached hydrogens (tertiary/aromatic N) is 4. The zero-order valence-electron chi connectivity index (χ0n) is 16.6. The molecule has 0 spiro atoms. The largest absolute Gasteiger partial charge is 0.369 e. The summed E-state index contributed by atoms with van der Waals surface area (Å²) in [7, 11) is 0. The Morgan fingerprint density at radius 3 is 2.86 bits per heavy atom. The maximum Gasteiger partial charge on any atom is 0.327 e. The molecule has 2 aliphatic rings. The van der Waals surface area contributed by atoms with Crippen molar-refractivity contribution in [1.82, 2.24) is 19.9 Å². The van der Waals surface area contributed by atoms with E-state index in [0.717, 1.165) is 46.7 Å². The summed E-state index contributed by atoms with van der Waals surface area (Å²) in [6.45, 7) is 5.48. The fraction of sp³-hybridized carbons (Fsp3) is 0.429. The van der Waals surface area contributed by atoms with Gasteiger partial charge in [0.1, 0.15) is 24.5 Å². The molecule has 1 atom stereocenters. The average Bonchev–Trinajstić information content (AvgIpc) is 3.39. The van der Waals surface area contributed by atoms with Crippen LogP contribution in [-0.2, 0) is 15.3 Å². The lowest BCUT2D eigenvalue weighted by atomic mass is 9.90. The third-order valence-corrected chi connectivity index (χ3v) is 6.11. The van der Waals surface area contributed by atoms with Crippen molar-refractivity contribution in [2.75, 3.05) is 19.8 Å². The lowest BCUT2D eigenvalue weighted by Crippen LogP contribution is -2.47. The van der Waals surface area contributed by atoms with Gasteiger partial charge in [-0.15, -0.1) is 0 Å². The Kier molecular flexibility index (Phi) is 4.06. The molecule has 1 aliphatic heterocycles. The van der Waals surface area contributed by atoms with Gasteiger partial charge in [-0.3, -0.25) is 0 Å². The molecular weight excluding hydrogens is 368 g/mol. The van der Waals surface area contributed by atoms with Crippen molar-refractivity contribution in [3.63, 3.8) is 0 Å². The summed E-state index contributed by atoms with van der Waals surface area (Å²) in [5.41, 5.74) is 7.26. The number of hydrogen-bond acceptors (Lipinski definition) is 5. The van der Waals surface area contributed by atoms with Crippen LogP contribution in [0.1, 0.15) is 32.4 Å². The Morgan fingerprint density at radius 1 is 1.31 bits per heavy atom. The first-order valence-electron chi connectivity index (χ1n) is 9.88. The molecule has 0 amide bonds. The lowest BCUT2D eigenvalue weighted by Gasteiger charge is -2.26. The lowest BCUT2D eigenvalue weighted by molar-refractivity contribution is -0.460. The first kappa shape index (κ1) is 18.4. The number of rotatable bonds is 4. The van der Waals surface area contributed by atoms with Crippen molar-refractivity contribution in [2.24, 2.45) is 5.73 Å². The number of aromatic nitrogens is 4. The van der Waals surface area contributed by atoms with Crippen molar-refractivity contribution >= 4 is 22.6 Å². The van der Waals surface area contributed by atoms with Crippen molar-refractivity contribution in [1.29, 1.82) is 0 Å². The molecule has 1 fully saturated rings. The highest BCUT2D eigenvalue weighted by Crippen LogP contribution is 2.54. The van der Waals surface area contributed by atoms with Gasteiger partial charge in [0.05, 0.1) is 29.3 Å². The van der Waals surface area contributed by atoms with E-state index in [-0.39, 0.29) is 0 Å². The molecule has 1 aliphatic carbocycles. The van der Waals surface area contributed by atoms with E-state index in [9.17, 15) is 5.11 Å². The summed E-state index contributed by atoms with van der Waals surface area (Å²) >= 11 is 0. The van der Waals surface area contributed by atoms with E-state index in [1.54, 1.807) is 13.1 Å². The highest BCUT2D eigenvalue weighted by molar-refractivity contribution is 5.91. The molecule has 149 valence electrons. The topological polar surface area (TPSA) is 113 Å². The monoisotopic (exact) mass is 392 g/mol. The maximum atomic E-state index is 12.8. The maximum absolute atomic E-state index is 12.8. The molecule has 0 saturated heterocycles. The molecule has 0 bridgehead atoms. The second kappa shape index (κ2) is 6.41. The minimum absolute atomic E-state index is 0.563. The predicted octanol–water partition coefficient (Wildman–Crippen LogP) is 2.29. The van der Waals surface area contributed by atoms with Crippen LogP contribution < -0.4 is 5.73 Å². The van der Waals surface area contributed by atoms with Gasteiger partial charge in [0.2, 0.25) is 0 Å². The molecule has 0 aromatic carbocycles. The zero-order chi connectivity index (χ0) is 20.2. The number of H-pyrrole nitrogens is 1. The van der Waals surface area contributed by atoms with E-state index in [2.05, 4.69) is 14.5 Å². The van der Waals surface area contributed by atoms with Crippen LogP contribution in [-0.4, -0.2) is 55.7 Å². The Morgan fingerprint density at radius 2 is 2.14 bits per heavy atom. The number of pyridine rings is 1. The third kappa shape index (κ3) is 2.95. The number of hydrogen-bond donors (Lipinski definition) is 2. The van der Waals surface area contributed by atoms with Crippen LogP contribution in [0.15, 0.2) is 30.6 Å². The number of fused-ring (bicyclic) bond motifs is 1. The molecule has 8 nitrogen and oxygen atoms in total. The van der Waals surface area contributed by atoms with Crippen LogP contribution >= 0.6 is 0 Å². The standard InChI is InChI=1S/C21H24N6O2/c1-13-12-29-10-9-27(13)17-11-16(21(5-6-21)20(2,22)28)25-19(26-17)15-4-8-24-18-14(15)3-7-23-18/h3-4,7-8,11H,5-6,9-10,12,22H2,1-2H3,(H,23,24)/q+1. The highest BCUT2D eigenvalue weighted by atomic mass is 16.5. The molecule has 3 N–H and O–H groups in total. The Balaban J connectivity index is 1.74. The molecule has 1 saturated carbocycles. The quantitative estimate of drug-likeness (QED) is 0.522. The van der Waals surface area contributed by atoms with Gasteiger partial charge in [-0.1, -0.05) is 0 Å². The Bertz CT molecular complexity index is 1120. The summed E-state index contributed by atoms with van der Waals surface area (Å²) in [5, 5.41) is 13.8. The van der Waals surface area contributed by atoms with Crippen molar-refractivity contribution in [3.8, 4) is 11.4 Å². The summed E-state index contributed by atoms with van der Waals surface area (Å²) in [5.74, 6) is 1.36. The van der Waals surface area contributed by atoms with Gasteiger partial charge in [-0.05, 0) is 43.8 Å². The smallest absolute Gasteiger partial charge is 0.327 e. The minimum Gasteiger partial charge on any atom is -0.369 e. The van der Waals surface area contributed by atoms with Crippen LogP contribution in [0.3, 0.4) is 0 Å². The SMILES string of the molecule is CC1=[N+](c2cc(C3(C(C)(N)[O])CC3)nc(-c3ccnc4[nH]ccc34)n2)CCOC1. The first-order valence-corrected chi connectivity index (χ1v) is 9.88. The molecule has 5 rings (SSSR count). The number of ether oxygens (including phenoxy) is 1. The van der Waals surface area contributed by atoms with Gasteiger partial charge in [-0.25, -0.2) is 19.7 Å². The van der Waals surface area contributed by atoms with E-state index >= 15 is 0 Å². The fourth-order valence-electron chi connectivity index (χ4n) is 4.18. The van der Waals surface area contributed by atoms with Crippen LogP contribution in [0.2, 0.25) is 0 Å². The zero-order valence-corrected chi connectivity index (χ0v) is 16.6. The fourth-order valence-corrected chi connectivity index (χ4v) is 4.18. The van der Waals surface area contributed by atoms with E-state index in [1.807, 2.05) is 31.3 Å². The predicted molar refractivity (Wildman–Crippen MR) is 108 cm³/mol. The minimum atomic E-state index is -1.60. The Hall–Kier alpha value is -2.68. The summed E-state index contributed by atoms with van der Waals surface area (Å²) in [4.78, 5) is 17.2. The summed E-state index contributed by atoms with van der Waals surface area (Å²) in [6.07, 6.45) is 5.06. The molecule has 3 aromatic rings. The Labute approximate surface area is 168 Å². The van der Waals surface area contributed by atoms with Gasteiger partial charge in [0.25, 0.3) is 5.82 Å². The highest BCUT2D eigenvalue weighted by Gasteiger charge is 2.59. The summed E-state index contributed by atoms with van der Waals surface area (Å²) < 4.78 is 7.70. The van der Waals surface area contributed by atoms with Crippen LogP contribution in [0.25, 0.3) is 22.4 Å². The van der Waals surface area contributed by atoms with Crippen LogP contribution in [0.5, 0.6) is 0 Å². The molecule has 29 heavy (non-hydrogen) atoms. The van der Waals surface area contributed by atoms with Crippen molar-refractivity contribution in [2.45, 2.75) is 37.8 Å². The second-order valence-electron chi connectivity index (χ2n) is 8.16. The third-order valence-electron chi connectivity index (χ3n) is 6.11. The van der Waals surface area contributed by atoms with Crippen LogP contribution in [0.4, 0.5) is 5.82 Å². The van der Waals surface area contributed by atoms with Crippen LogP contribution in [0, 0.1) is 0 Å². The van der Waals surface area contributed by atoms with Crippen molar-refractivity contribution in [3.05, 3.63) is 36.3 Å². The number of nitrogens with one attached hydrogen (secondary N) is 1. The van der Waals surface area contributed by atoms with Gasteiger partial charge in [-0.2, -0.15) is 0 Å². The van der Waals surface area contributed by atoms with E-state index < -0.39 is 11.1 Å². The molecule has 1 radical (unpaired) electrons. The molecule has 1 unspecified atom stereocenters. The number of nitrogens with two attached hydrogens (primary N) is 1. The van der Waals surface area contributed by atoms with Gasteiger partial charge < -0.3 is 15.5 Å². The van der Waals surface area contributed by atoms with E-state index in [1.165, 1.54) is 0 Å². The average molecular weight is 392 g/mol. The summed E-state index contributed by atoms with van der Waals surface area (Å²) in [6, 6.07) is 5.81. The van der Waals surface area contributed by atoms with E-state index in [4.69, 9.17) is 20.4 Å². The molecule has 3 aromatic heterocycles. The van der Waals surface area contributed by atoms with Gasteiger partial charge >= 0.3 is 5.82 Å². The molecule has 4 heterocycles. The normalized spacial score (nSPS) is 20.7. The molecule has 8 heteroatoms. The van der Waals surface area contributed by atoms with E-state index in [0.29, 0.717) is 25.6 Å². The van der Waals surface area contributed by atoms with Crippen molar-refractivity contribution < 1.29 is 14.4 Å². The second-order valence-corrected chi connectivity index (χ2v) is 8.16.